The van der Waals surface area contributed by atoms with E-state index >= 15 is 0 Å². The fourth-order valence-corrected chi connectivity index (χ4v) is 3.13. The van der Waals surface area contributed by atoms with Gasteiger partial charge in [-0.05, 0) is 39.9 Å². The molecule has 2 aliphatic rings. The van der Waals surface area contributed by atoms with E-state index in [0.29, 0.717) is 11.8 Å². The van der Waals surface area contributed by atoms with Crippen LogP contribution in [0.15, 0.2) is 4.99 Å². The van der Waals surface area contributed by atoms with Gasteiger partial charge in [-0.1, -0.05) is 0 Å². The molecule has 2 heterocycles. The second-order valence-corrected chi connectivity index (χ2v) is 5.40. The smallest absolute Gasteiger partial charge is 0.0651 e. The molecule has 0 atom stereocenters. The third-order valence-corrected chi connectivity index (χ3v) is 4.12. The first-order chi connectivity index (χ1) is 6.24. The first-order valence-electron chi connectivity index (χ1n) is 5.16. The third kappa shape index (κ3) is 1.52. The Morgan fingerprint density at radius 2 is 2.33 bits per heavy atom. The van der Waals surface area contributed by atoms with Crippen LogP contribution in [0.25, 0.3) is 0 Å². The first kappa shape index (κ1) is 7.39. The molecule has 0 saturated carbocycles. The quantitative estimate of drug-likeness (QED) is 0.570. The van der Waals surface area contributed by atoms with Crippen molar-refractivity contribution in [3.8, 4) is 0 Å². The standard InChI is InChI=1S/C9H16N2S/c1-8-10-7-9(12-8)3-5-11(2)6-4-9/h3-7H2,1-2H3/i2D. The van der Waals surface area contributed by atoms with E-state index in [0.717, 1.165) is 19.6 Å². The zero-order valence-electron chi connectivity index (χ0n) is 8.55. The molecule has 1 spiro atoms. The molecular weight excluding hydrogens is 168 g/mol. The third-order valence-electron chi connectivity index (χ3n) is 2.72. The predicted octanol–water partition coefficient (Wildman–Crippen LogP) is 1.62. The van der Waals surface area contributed by atoms with Gasteiger partial charge in [0.05, 0.1) is 11.6 Å². The average Bonchev–Trinajstić information content (AvgIpc) is 2.49. The molecule has 0 N–H and O–H groups in total. The van der Waals surface area contributed by atoms with Crippen molar-refractivity contribution in [1.82, 2.24) is 4.90 Å². The Bertz CT molecular complexity index is 222. The summed E-state index contributed by atoms with van der Waals surface area (Å²) < 4.78 is 7.70. The van der Waals surface area contributed by atoms with Crippen LogP contribution in [0.2, 0.25) is 0 Å². The summed E-state index contributed by atoms with van der Waals surface area (Å²) in [6.45, 7) is 5.28. The predicted molar refractivity (Wildman–Crippen MR) is 55.0 cm³/mol. The van der Waals surface area contributed by atoms with E-state index in [2.05, 4.69) is 16.8 Å². The Labute approximate surface area is 79.8 Å². The van der Waals surface area contributed by atoms with Gasteiger partial charge >= 0.3 is 0 Å². The van der Waals surface area contributed by atoms with Crippen molar-refractivity contribution in [2.45, 2.75) is 24.5 Å². The van der Waals surface area contributed by atoms with Gasteiger partial charge in [-0.2, -0.15) is 0 Å². The van der Waals surface area contributed by atoms with E-state index in [1.165, 1.54) is 17.9 Å². The van der Waals surface area contributed by atoms with Crippen LogP contribution in [-0.2, 0) is 0 Å². The number of hydrogen-bond acceptors (Lipinski definition) is 3. The molecule has 0 unspecified atom stereocenters. The Morgan fingerprint density at radius 3 is 2.83 bits per heavy atom. The summed E-state index contributed by atoms with van der Waals surface area (Å²) in [6.07, 6.45) is 2.41. The van der Waals surface area contributed by atoms with Crippen molar-refractivity contribution in [2.75, 3.05) is 26.7 Å². The van der Waals surface area contributed by atoms with Crippen molar-refractivity contribution in [3.63, 3.8) is 0 Å². The molecule has 0 amide bonds. The molecule has 0 aromatic heterocycles. The van der Waals surface area contributed by atoms with Crippen molar-refractivity contribution < 1.29 is 1.37 Å². The van der Waals surface area contributed by atoms with Crippen molar-refractivity contribution in [2.24, 2.45) is 4.99 Å². The molecule has 0 aromatic carbocycles. The minimum Gasteiger partial charge on any atom is -0.306 e. The highest BCUT2D eigenvalue weighted by atomic mass is 32.2. The van der Waals surface area contributed by atoms with E-state index in [1.54, 1.807) is 0 Å². The van der Waals surface area contributed by atoms with Crippen molar-refractivity contribution >= 4 is 16.8 Å². The lowest BCUT2D eigenvalue weighted by molar-refractivity contribution is 0.244. The fraction of sp³-hybridized carbons (Fsp3) is 0.889. The highest BCUT2D eigenvalue weighted by molar-refractivity contribution is 8.15. The molecular formula is C9H16N2S. The second kappa shape index (κ2) is 3.04. The maximum absolute atomic E-state index is 7.29. The minimum atomic E-state index is 0.412. The molecule has 3 heteroatoms. The molecule has 1 fully saturated rings. The Balaban J connectivity index is 1.91. The van der Waals surface area contributed by atoms with Crippen LogP contribution >= 0.6 is 11.8 Å². The number of hydrogen-bond donors (Lipinski definition) is 0. The van der Waals surface area contributed by atoms with Crippen LogP contribution in [0.1, 0.15) is 21.1 Å². The molecule has 2 nitrogen and oxygen atoms in total. The summed E-state index contributed by atoms with van der Waals surface area (Å²) in [5.74, 6) is 0. The van der Waals surface area contributed by atoms with Gasteiger partial charge < -0.3 is 4.90 Å². The summed E-state index contributed by atoms with van der Waals surface area (Å²) in [5.41, 5.74) is 0. The molecule has 0 bridgehead atoms. The van der Waals surface area contributed by atoms with Crippen LogP contribution in [0.5, 0.6) is 0 Å². The van der Waals surface area contributed by atoms with E-state index in [4.69, 9.17) is 1.37 Å². The van der Waals surface area contributed by atoms with Crippen LogP contribution < -0.4 is 0 Å². The Hall–Kier alpha value is -0.0200. The number of aliphatic imine (C=N–C) groups is 1. The van der Waals surface area contributed by atoms with E-state index in [9.17, 15) is 0 Å². The maximum atomic E-state index is 7.29. The highest BCUT2D eigenvalue weighted by Gasteiger charge is 2.37. The van der Waals surface area contributed by atoms with Gasteiger partial charge in [-0.15, -0.1) is 11.8 Å². The molecule has 2 aliphatic heterocycles. The number of likely N-dealkylation sites (tertiary alicyclic amines) is 1. The summed E-state index contributed by atoms with van der Waals surface area (Å²) in [7, 11) is 0.459. The van der Waals surface area contributed by atoms with Crippen LogP contribution in [0.3, 0.4) is 0 Å². The number of piperidine rings is 1. The lowest BCUT2D eigenvalue weighted by Crippen LogP contribution is -2.41. The highest BCUT2D eigenvalue weighted by Crippen LogP contribution is 2.40. The van der Waals surface area contributed by atoms with Crippen molar-refractivity contribution in [1.29, 1.82) is 0 Å². The topological polar surface area (TPSA) is 15.6 Å². The van der Waals surface area contributed by atoms with Crippen LogP contribution in [0.4, 0.5) is 0 Å². The van der Waals surface area contributed by atoms with Crippen molar-refractivity contribution in [3.05, 3.63) is 0 Å². The minimum absolute atomic E-state index is 0.412. The van der Waals surface area contributed by atoms with Gasteiger partial charge in [0.2, 0.25) is 0 Å². The molecule has 1 saturated heterocycles. The number of rotatable bonds is 0. The van der Waals surface area contributed by atoms with Gasteiger partial charge in [-0.25, -0.2) is 0 Å². The lowest BCUT2D eigenvalue weighted by atomic mass is 9.96. The molecule has 2 rings (SSSR count). The maximum Gasteiger partial charge on any atom is 0.0651 e. The molecule has 0 aliphatic carbocycles. The summed E-state index contributed by atoms with van der Waals surface area (Å²) >= 11 is 1.96. The Kier molecular flexibility index (Phi) is 1.87. The SMILES string of the molecule is [2H]CN1CCC2(CC1)CN=C(C)S2. The van der Waals surface area contributed by atoms with Gasteiger partial charge in [-0.3, -0.25) is 4.99 Å². The Morgan fingerprint density at radius 1 is 1.58 bits per heavy atom. The first-order valence-corrected chi connectivity index (χ1v) is 5.27. The van der Waals surface area contributed by atoms with E-state index < -0.39 is 0 Å². The van der Waals surface area contributed by atoms with Gasteiger partial charge in [0.25, 0.3) is 0 Å². The summed E-state index contributed by atoms with van der Waals surface area (Å²) in [6, 6.07) is 0. The normalized spacial score (nSPS) is 30.4. The second-order valence-electron chi connectivity index (χ2n) is 3.74. The molecule has 12 heavy (non-hydrogen) atoms. The molecule has 0 radical (unpaired) electrons. The van der Waals surface area contributed by atoms with Gasteiger partial charge in [0.15, 0.2) is 0 Å². The van der Waals surface area contributed by atoms with Crippen LogP contribution in [0, 0.1) is 0 Å². The lowest BCUT2D eigenvalue weighted by Gasteiger charge is -2.36. The van der Waals surface area contributed by atoms with Gasteiger partial charge in [0, 0.05) is 6.12 Å². The summed E-state index contributed by atoms with van der Waals surface area (Å²) in [4.78, 5) is 6.69. The average molecular weight is 185 g/mol. The van der Waals surface area contributed by atoms with E-state index in [1.807, 2.05) is 11.8 Å². The number of nitrogens with zero attached hydrogens (tertiary/aromatic N) is 2. The van der Waals surface area contributed by atoms with Crippen LogP contribution in [-0.4, -0.2) is 41.3 Å². The largest absolute Gasteiger partial charge is 0.306 e. The number of thioether (sulfide) groups is 1. The van der Waals surface area contributed by atoms with Gasteiger partial charge in [0.1, 0.15) is 0 Å². The molecule has 0 aromatic rings. The zero-order chi connectivity index (χ0) is 9.31. The zero-order valence-corrected chi connectivity index (χ0v) is 8.36. The monoisotopic (exact) mass is 185 g/mol. The summed E-state index contributed by atoms with van der Waals surface area (Å²) in [5, 5.41) is 1.25. The van der Waals surface area contributed by atoms with E-state index in [-0.39, 0.29) is 0 Å². The molecule has 68 valence electrons. The fourth-order valence-electron chi connectivity index (χ4n) is 1.85.